The van der Waals surface area contributed by atoms with Crippen LogP contribution >= 0.6 is 0 Å². The number of carbonyl (C=O) groups excluding carboxylic acids is 1. The Hall–Kier alpha value is -4.25. The summed E-state index contributed by atoms with van der Waals surface area (Å²) in [5.41, 5.74) is 8.92. The number of rotatable bonds is 6. The van der Waals surface area contributed by atoms with Gasteiger partial charge in [0.25, 0.3) is 5.91 Å². The van der Waals surface area contributed by atoms with Gasteiger partial charge in [-0.1, -0.05) is 54.6 Å². The molecule has 0 aliphatic rings. The average Bonchev–Trinajstić information content (AvgIpc) is 3.13. The molecule has 192 valence electrons. The lowest BCUT2D eigenvalue weighted by atomic mass is 9.99. The molecule has 5 heteroatoms. The normalized spacial score (nSPS) is 12.1. The van der Waals surface area contributed by atoms with Crippen LogP contribution in [-0.4, -0.2) is 10.5 Å². The SMILES string of the molecule is Cc1ccccc1-c1ccc(Cn2c(C)c(C)c3cc(C(=O)N[C@@H](C)c4ccc(F)cc4F)ccc32)cc1. The van der Waals surface area contributed by atoms with E-state index < -0.39 is 17.7 Å². The molecule has 0 aliphatic carbocycles. The summed E-state index contributed by atoms with van der Waals surface area (Å²) in [5, 5.41) is 3.84. The second kappa shape index (κ2) is 10.3. The van der Waals surface area contributed by atoms with Crippen LogP contribution in [0, 0.1) is 32.4 Å². The molecule has 3 nitrogen and oxygen atoms in total. The minimum absolute atomic E-state index is 0.243. The fourth-order valence-electron chi connectivity index (χ4n) is 5.07. The first-order valence-corrected chi connectivity index (χ1v) is 12.7. The molecule has 1 atom stereocenters. The summed E-state index contributed by atoms with van der Waals surface area (Å²) in [6.07, 6.45) is 0. The summed E-state index contributed by atoms with van der Waals surface area (Å²) in [6, 6.07) is 25.5. The van der Waals surface area contributed by atoms with E-state index in [1.54, 1.807) is 13.0 Å². The standard InChI is InChI=1S/C33H30F2N2O/c1-20-7-5-6-8-28(20)25-11-9-24(10-12-25)19-37-23(4)21(2)30-17-26(13-16-32(30)37)33(38)36-22(3)29-15-14-27(34)18-31(29)35/h5-18,22H,19H2,1-4H3,(H,36,38)/t22-/m0/s1. The van der Waals surface area contributed by atoms with E-state index in [0.29, 0.717) is 5.56 Å². The van der Waals surface area contributed by atoms with Crippen molar-refractivity contribution in [2.24, 2.45) is 0 Å². The number of nitrogens with one attached hydrogen (secondary N) is 1. The molecule has 1 heterocycles. The van der Waals surface area contributed by atoms with E-state index in [0.717, 1.165) is 34.8 Å². The Morgan fingerprint density at radius 2 is 1.63 bits per heavy atom. The van der Waals surface area contributed by atoms with Crippen molar-refractivity contribution >= 4 is 16.8 Å². The van der Waals surface area contributed by atoms with Gasteiger partial charge in [0.15, 0.2) is 0 Å². The van der Waals surface area contributed by atoms with Crippen molar-refractivity contribution in [1.29, 1.82) is 0 Å². The quantitative estimate of drug-likeness (QED) is 0.247. The molecule has 0 saturated heterocycles. The summed E-state index contributed by atoms with van der Waals surface area (Å²) in [4.78, 5) is 13.0. The van der Waals surface area contributed by atoms with E-state index >= 15 is 0 Å². The first-order valence-electron chi connectivity index (χ1n) is 12.7. The van der Waals surface area contributed by atoms with Crippen LogP contribution in [0.25, 0.3) is 22.0 Å². The van der Waals surface area contributed by atoms with Crippen LogP contribution in [0.15, 0.2) is 84.9 Å². The fourth-order valence-corrected chi connectivity index (χ4v) is 5.07. The molecule has 0 spiro atoms. The van der Waals surface area contributed by atoms with E-state index in [4.69, 9.17) is 0 Å². The highest BCUT2D eigenvalue weighted by atomic mass is 19.1. The van der Waals surface area contributed by atoms with Gasteiger partial charge in [-0.05, 0) is 79.8 Å². The number of amides is 1. The lowest BCUT2D eigenvalue weighted by Gasteiger charge is -2.15. The predicted octanol–water partition coefficient (Wildman–Crippen LogP) is 8.05. The Labute approximate surface area is 221 Å². The molecule has 1 N–H and O–H groups in total. The number of fused-ring (bicyclic) bond motifs is 1. The smallest absolute Gasteiger partial charge is 0.251 e. The van der Waals surface area contributed by atoms with Gasteiger partial charge >= 0.3 is 0 Å². The molecule has 0 radical (unpaired) electrons. The van der Waals surface area contributed by atoms with Gasteiger partial charge in [-0.25, -0.2) is 8.78 Å². The van der Waals surface area contributed by atoms with Crippen molar-refractivity contribution in [2.75, 3.05) is 0 Å². The number of benzene rings is 4. The molecule has 38 heavy (non-hydrogen) atoms. The minimum atomic E-state index is -0.677. The molecular formula is C33H30F2N2O. The topological polar surface area (TPSA) is 34.0 Å². The molecule has 0 fully saturated rings. The van der Waals surface area contributed by atoms with Crippen molar-refractivity contribution in [3.8, 4) is 11.1 Å². The van der Waals surface area contributed by atoms with Gasteiger partial charge in [-0.3, -0.25) is 4.79 Å². The number of aromatic nitrogens is 1. The van der Waals surface area contributed by atoms with Crippen LogP contribution < -0.4 is 5.32 Å². The predicted molar refractivity (Wildman–Crippen MR) is 149 cm³/mol. The Morgan fingerprint density at radius 1 is 0.895 bits per heavy atom. The molecule has 0 unspecified atom stereocenters. The lowest BCUT2D eigenvalue weighted by Crippen LogP contribution is -2.27. The molecular weight excluding hydrogens is 478 g/mol. The Morgan fingerprint density at radius 3 is 2.34 bits per heavy atom. The van der Waals surface area contributed by atoms with Gasteiger partial charge in [0.2, 0.25) is 0 Å². The van der Waals surface area contributed by atoms with Gasteiger partial charge in [-0.15, -0.1) is 0 Å². The molecule has 5 aromatic rings. The first kappa shape index (κ1) is 25.4. The molecule has 0 bridgehead atoms. The van der Waals surface area contributed by atoms with Crippen molar-refractivity contribution in [3.05, 3.63) is 130 Å². The maximum absolute atomic E-state index is 14.2. The Balaban J connectivity index is 1.38. The van der Waals surface area contributed by atoms with Gasteiger partial charge in [0.05, 0.1) is 6.04 Å². The van der Waals surface area contributed by atoms with Crippen LogP contribution in [0.3, 0.4) is 0 Å². The first-order chi connectivity index (χ1) is 18.2. The van der Waals surface area contributed by atoms with Crippen molar-refractivity contribution in [1.82, 2.24) is 9.88 Å². The highest BCUT2D eigenvalue weighted by molar-refractivity contribution is 5.99. The number of hydrogen-bond acceptors (Lipinski definition) is 1. The van der Waals surface area contributed by atoms with Crippen LogP contribution in [0.1, 0.15) is 51.3 Å². The molecule has 0 aliphatic heterocycles. The summed E-state index contributed by atoms with van der Waals surface area (Å²) in [7, 11) is 0. The lowest BCUT2D eigenvalue weighted by molar-refractivity contribution is 0.0939. The third-order valence-electron chi connectivity index (χ3n) is 7.43. The Bertz CT molecular complexity index is 1650. The van der Waals surface area contributed by atoms with E-state index in [-0.39, 0.29) is 11.5 Å². The van der Waals surface area contributed by atoms with Crippen molar-refractivity contribution in [2.45, 2.75) is 40.3 Å². The largest absolute Gasteiger partial charge is 0.345 e. The fraction of sp³-hybridized carbons (Fsp3) is 0.182. The van der Waals surface area contributed by atoms with Crippen molar-refractivity contribution < 1.29 is 13.6 Å². The van der Waals surface area contributed by atoms with Crippen LogP contribution in [0.2, 0.25) is 0 Å². The van der Waals surface area contributed by atoms with Gasteiger partial charge in [0, 0.05) is 40.3 Å². The number of carbonyl (C=O) groups is 1. The van der Waals surface area contributed by atoms with Crippen molar-refractivity contribution in [3.63, 3.8) is 0 Å². The third kappa shape index (κ3) is 4.84. The zero-order valence-electron chi connectivity index (χ0n) is 22.0. The molecule has 1 aromatic heterocycles. The number of aryl methyl sites for hydroxylation is 2. The van der Waals surface area contributed by atoms with Crippen LogP contribution in [0.4, 0.5) is 8.78 Å². The van der Waals surface area contributed by atoms with Crippen LogP contribution in [0.5, 0.6) is 0 Å². The van der Waals surface area contributed by atoms with Gasteiger partial charge < -0.3 is 9.88 Å². The van der Waals surface area contributed by atoms with E-state index in [2.05, 4.69) is 79.2 Å². The molecule has 4 aromatic carbocycles. The minimum Gasteiger partial charge on any atom is -0.345 e. The summed E-state index contributed by atoms with van der Waals surface area (Å²) >= 11 is 0. The highest BCUT2D eigenvalue weighted by Crippen LogP contribution is 2.29. The molecule has 0 saturated carbocycles. The summed E-state index contributed by atoms with van der Waals surface area (Å²) in [6.45, 7) is 8.68. The van der Waals surface area contributed by atoms with E-state index in [1.165, 1.54) is 34.4 Å². The number of nitrogens with zero attached hydrogens (tertiary/aromatic N) is 1. The number of hydrogen-bond donors (Lipinski definition) is 1. The molecule has 5 rings (SSSR count). The zero-order valence-corrected chi connectivity index (χ0v) is 22.0. The number of halogens is 2. The third-order valence-corrected chi connectivity index (χ3v) is 7.43. The van der Waals surface area contributed by atoms with Gasteiger partial charge in [0.1, 0.15) is 11.6 Å². The van der Waals surface area contributed by atoms with E-state index in [1.807, 2.05) is 12.1 Å². The molecule has 1 amide bonds. The second-order valence-corrected chi connectivity index (χ2v) is 9.90. The maximum Gasteiger partial charge on any atom is 0.251 e. The highest BCUT2D eigenvalue weighted by Gasteiger charge is 2.18. The Kier molecular flexibility index (Phi) is 6.85. The average molecular weight is 509 g/mol. The van der Waals surface area contributed by atoms with Gasteiger partial charge in [-0.2, -0.15) is 0 Å². The second-order valence-electron chi connectivity index (χ2n) is 9.90. The summed E-state index contributed by atoms with van der Waals surface area (Å²) in [5.74, 6) is -1.63. The van der Waals surface area contributed by atoms with Crippen LogP contribution in [-0.2, 0) is 6.54 Å². The van der Waals surface area contributed by atoms with E-state index in [9.17, 15) is 13.6 Å². The summed E-state index contributed by atoms with van der Waals surface area (Å²) < 4.78 is 29.7. The zero-order chi connectivity index (χ0) is 27.0. The monoisotopic (exact) mass is 508 g/mol. The maximum atomic E-state index is 14.2.